The number of aryl methyl sites for hydroxylation is 1. The van der Waals surface area contributed by atoms with E-state index < -0.39 is 11.9 Å². The number of methoxy groups -OCH3 is 2. The number of nitrogens with zero attached hydrogens (tertiary/aromatic N) is 1. The van der Waals surface area contributed by atoms with E-state index in [0.717, 1.165) is 0 Å². The summed E-state index contributed by atoms with van der Waals surface area (Å²) < 4.78 is 9.55. The zero-order valence-electron chi connectivity index (χ0n) is 14.9. The molecule has 1 aromatic rings. The standard InChI is InChI=1S/C19H19NO6/c1-11-9-14(12(2)21)17(22)15(10-11)20-8-6-5-7-13(18(23)25-3)16(20)19(24)26-4/h5-10,22H,1-4H3. The van der Waals surface area contributed by atoms with Crippen LogP contribution in [0.4, 0.5) is 5.69 Å². The molecule has 1 aromatic carbocycles. The van der Waals surface area contributed by atoms with Crippen LogP contribution < -0.4 is 4.90 Å². The first kappa shape index (κ1) is 19.0. The molecule has 0 spiro atoms. The Bertz CT molecular complexity index is 863. The Kier molecular flexibility index (Phi) is 5.61. The van der Waals surface area contributed by atoms with Gasteiger partial charge in [-0.25, -0.2) is 9.59 Å². The van der Waals surface area contributed by atoms with E-state index in [1.165, 1.54) is 38.3 Å². The minimum atomic E-state index is -0.799. The molecule has 1 heterocycles. The van der Waals surface area contributed by atoms with Gasteiger partial charge in [0.25, 0.3) is 0 Å². The second-order valence-corrected chi connectivity index (χ2v) is 5.55. The van der Waals surface area contributed by atoms with Gasteiger partial charge in [-0.3, -0.25) is 4.79 Å². The average molecular weight is 357 g/mol. The number of ether oxygens (including phenoxy) is 2. The number of ketones is 1. The zero-order chi connectivity index (χ0) is 19.4. The number of phenolic OH excluding ortho intramolecular Hbond substituents is 1. The van der Waals surface area contributed by atoms with Gasteiger partial charge in [0.05, 0.1) is 31.0 Å². The van der Waals surface area contributed by atoms with Crippen LogP contribution in [0.25, 0.3) is 0 Å². The lowest BCUT2D eigenvalue weighted by Gasteiger charge is -2.25. The fraction of sp³-hybridized carbons (Fsp3) is 0.211. The Morgan fingerprint density at radius 1 is 1.04 bits per heavy atom. The van der Waals surface area contributed by atoms with Crippen LogP contribution in [0.3, 0.4) is 0 Å². The van der Waals surface area contributed by atoms with E-state index in [9.17, 15) is 19.5 Å². The molecule has 0 fully saturated rings. The topological polar surface area (TPSA) is 93.1 Å². The van der Waals surface area contributed by atoms with Crippen molar-refractivity contribution in [3.63, 3.8) is 0 Å². The number of carbonyl (C=O) groups excluding carboxylic acids is 3. The maximum atomic E-state index is 12.4. The highest BCUT2D eigenvalue weighted by atomic mass is 16.5. The van der Waals surface area contributed by atoms with Crippen molar-refractivity contribution in [1.82, 2.24) is 0 Å². The monoisotopic (exact) mass is 357 g/mol. The summed E-state index contributed by atoms with van der Waals surface area (Å²) >= 11 is 0. The van der Waals surface area contributed by atoms with Crippen molar-refractivity contribution in [2.75, 3.05) is 19.1 Å². The van der Waals surface area contributed by atoms with E-state index in [4.69, 9.17) is 9.47 Å². The summed E-state index contributed by atoms with van der Waals surface area (Å²) in [7, 11) is 2.37. The molecule has 1 aliphatic heterocycles. The Labute approximate surface area is 150 Å². The summed E-state index contributed by atoms with van der Waals surface area (Å²) in [6.07, 6.45) is 6.02. The molecule has 0 unspecified atom stereocenters. The summed E-state index contributed by atoms with van der Waals surface area (Å²) in [6.45, 7) is 3.08. The van der Waals surface area contributed by atoms with Crippen LogP contribution in [0.15, 0.2) is 47.8 Å². The molecule has 2 rings (SSSR count). The van der Waals surface area contributed by atoms with E-state index >= 15 is 0 Å². The van der Waals surface area contributed by atoms with Gasteiger partial charge in [-0.05, 0) is 43.7 Å². The lowest BCUT2D eigenvalue weighted by atomic mass is 10.0. The van der Waals surface area contributed by atoms with Crippen molar-refractivity contribution < 1.29 is 29.0 Å². The van der Waals surface area contributed by atoms with Gasteiger partial charge in [0.15, 0.2) is 5.78 Å². The van der Waals surface area contributed by atoms with Gasteiger partial charge in [-0.2, -0.15) is 0 Å². The van der Waals surface area contributed by atoms with Gasteiger partial charge in [-0.1, -0.05) is 6.08 Å². The van der Waals surface area contributed by atoms with Crippen molar-refractivity contribution in [1.29, 1.82) is 0 Å². The van der Waals surface area contributed by atoms with Crippen LogP contribution in [0.5, 0.6) is 5.75 Å². The number of Topliss-reactive ketones (excluding diaryl/α,β-unsaturated/α-hetero) is 1. The Morgan fingerprint density at radius 3 is 2.27 bits per heavy atom. The summed E-state index contributed by atoms with van der Waals surface area (Å²) in [4.78, 5) is 37.7. The quantitative estimate of drug-likeness (QED) is 0.653. The fourth-order valence-electron chi connectivity index (χ4n) is 2.56. The highest BCUT2D eigenvalue weighted by Crippen LogP contribution is 2.37. The van der Waals surface area contributed by atoms with Crippen molar-refractivity contribution >= 4 is 23.4 Å². The number of hydrogen-bond donors (Lipinski definition) is 1. The molecule has 0 amide bonds. The first-order chi connectivity index (χ1) is 12.3. The molecule has 0 aliphatic carbocycles. The fourth-order valence-corrected chi connectivity index (χ4v) is 2.56. The SMILES string of the molecule is COC(=O)C1=C(C(=O)OC)N(c2cc(C)cc(C(C)=O)c2O)C=CC=C1. The van der Waals surface area contributed by atoms with Gasteiger partial charge in [-0.15, -0.1) is 0 Å². The number of carbonyl (C=O) groups is 3. The second kappa shape index (κ2) is 7.69. The molecule has 0 saturated heterocycles. The number of phenols is 1. The first-order valence-corrected chi connectivity index (χ1v) is 7.71. The van der Waals surface area contributed by atoms with Crippen molar-refractivity contribution in [2.24, 2.45) is 0 Å². The number of esters is 2. The molecule has 7 nitrogen and oxygen atoms in total. The van der Waals surface area contributed by atoms with Crippen LogP contribution in [-0.2, 0) is 19.1 Å². The van der Waals surface area contributed by atoms with Crippen molar-refractivity contribution in [3.8, 4) is 5.75 Å². The average Bonchev–Trinajstić information content (AvgIpc) is 2.84. The van der Waals surface area contributed by atoms with Crippen LogP contribution in [0.2, 0.25) is 0 Å². The van der Waals surface area contributed by atoms with Crippen molar-refractivity contribution in [3.05, 3.63) is 59.0 Å². The molecule has 26 heavy (non-hydrogen) atoms. The molecule has 0 radical (unpaired) electrons. The molecule has 7 heteroatoms. The van der Waals surface area contributed by atoms with Gasteiger partial charge >= 0.3 is 11.9 Å². The highest BCUT2D eigenvalue weighted by molar-refractivity contribution is 6.06. The maximum absolute atomic E-state index is 12.4. The molecule has 0 atom stereocenters. The number of anilines is 1. The zero-order valence-corrected chi connectivity index (χ0v) is 14.9. The molecule has 0 bridgehead atoms. The lowest BCUT2D eigenvalue weighted by Crippen LogP contribution is -2.27. The van der Waals surface area contributed by atoms with E-state index in [1.54, 1.807) is 31.2 Å². The third kappa shape index (κ3) is 3.51. The van der Waals surface area contributed by atoms with E-state index in [1.807, 2.05) is 0 Å². The molecule has 0 saturated carbocycles. The third-order valence-electron chi connectivity index (χ3n) is 3.76. The van der Waals surface area contributed by atoms with Gasteiger partial charge in [0.1, 0.15) is 11.4 Å². The molecule has 1 N–H and O–H groups in total. The smallest absolute Gasteiger partial charge is 0.355 e. The summed E-state index contributed by atoms with van der Waals surface area (Å²) in [5.41, 5.74) is 0.776. The van der Waals surface area contributed by atoms with Crippen LogP contribution in [0.1, 0.15) is 22.8 Å². The lowest BCUT2D eigenvalue weighted by molar-refractivity contribution is -0.139. The summed E-state index contributed by atoms with van der Waals surface area (Å²) in [5, 5.41) is 10.6. The number of benzene rings is 1. The van der Waals surface area contributed by atoms with Crippen LogP contribution in [-0.4, -0.2) is 37.0 Å². The normalized spacial score (nSPS) is 13.5. The summed E-state index contributed by atoms with van der Waals surface area (Å²) in [6, 6.07) is 3.14. The van der Waals surface area contributed by atoms with Crippen LogP contribution in [0, 0.1) is 6.92 Å². The van der Waals surface area contributed by atoms with Crippen LogP contribution >= 0.6 is 0 Å². The van der Waals surface area contributed by atoms with Gasteiger partial charge in [0.2, 0.25) is 0 Å². The minimum Gasteiger partial charge on any atom is -0.505 e. The Balaban J connectivity index is 2.80. The molecular weight excluding hydrogens is 338 g/mol. The third-order valence-corrected chi connectivity index (χ3v) is 3.76. The predicted octanol–water partition coefficient (Wildman–Crippen LogP) is 2.39. The van der Waals surface area contributed by atoms with E-state index in [0.29, 0.717) is 5.56 Å². The molecule has 1 aliphatic rings. The molecule has 0 aromatic heterocycles. The minimum absolute atomic E-state index is 0.0466. The molecular formula is C19H19NO6. The summed E-state index contributed by atoms with van der Waals surface area (Å²) in [5.74, 6) is -2.18. The highest BCUT2D eigenvalue weighted by Gasteiger charge is 2.29. The largest absolute Gasteiger partial charge is 0.505 e. The predicted molar refractivity (Wildman–Crippen MR) is 94.7 cm³/mol. The van der Waals surface area contributed by atoms with Gasteiger partial charge in [0, 0.05) is 6.20 Å². The second-order valence-electron chi connectivity index (χ2n) is 5.55. The number of aromatic hydroxyl groups is 1. The van der Waals surface area contributed by atoms with E-state index in [-0.39, 0.29) is 34.1 Å². The Morgan fingerprint density at radius 2 is 1.69 bits per heavy atom. The number of rotatable bonds is 4. The first-order valence-electron chi connectivity index (χ1n) is 7.71. The van der Waals surface area contributed by atoms with E-state index in [2.05, 4.69) is 0 Å². The Hall–Kier alpha value is -3.35. The number of allylic oxidation sites excluding steroid dienone is 2. The maximum Gasteiger partial charge on any atom is 0.355 e. The van der Waals surface area contributed by atoms with Gasteiger partial charge < -0.3 is 19.5 Å². The molecule has 136 valence electrons. The number of hydrogen-bond acceptors (Lipinski definition) is 7. The van der Waals surface area contributed by atoms with Crippen molar-refractivity contribution in [2.45, 2.75) is 13.8 Å².